The van der Waals surface area contributed by atoms with Crippen molar-refractivity contribution in [3.05, 3.63) is 59.4 Å². The molecule has 3 amide bonds. The molecular weight excluding hydrogens is 444 g/mol. The molecule has 3 rings (SSSR count). The molecule has 1 aliphatic rings. The predicted molar refractivity (Wildman–Crippen MR) is 113 cm³/mol. The molecule has 0 spiro atoms. The van der Waals surface area contributed by atoms with Gasteiger partial charge in [-0.25, -0.2) is 4.39 Å². The van der Waals surface area contributed by atoms with Crippen LogP contribution in [0.3, 0.4) is 0 Å². The third kappa shape index (κ3) is 6.21. The molecule has 0 bridgehead atoms. The Morgan fingerprint density at radius 3 is 2.12 bits per heavy atom. The Hall–Kier alpha value is -3.63. The molecule has 0 aromatic heterocycles. The number of carbonyl (C=O) groups excluding carboxylic acids is 3. The fourth-order valence-corrected chi connectivity index (χ4v) is 3.37. The maximum Gasteiger partial charge on any atom is 0.418 e. The molecule has 176 valence electrons. The number of nitrogens with zero attached hydrogens (tertiary/aromatic N) is 2. The first-order chi connectivity index (χ1) is 15.5. The second-order valence-corrected chi connectivity index (χ2v) is 7.46. The van der Waals surface area contributed by atoms with E-state index in [-0.39, 0.29) is 35.3 Å². The number of hydrogen-bond donors (Lipinski definition) is 2. The van der Waals surface area contributed by atoms with Crippen molar-refractivity contribution in [1.29, 1.82) is 0 Å². The van der Waals surface area contributed by atoms with Crippen LogP contribution in [0.5, 0.6) is 0 Å². The lowest BCUT2D eigenvalue weighted by atomic mass is 10.1. The second kappa shape index (κ2) is 9.88. The Labute approximate surface area is 187 Å². The highest BCUT2D eigenvalue weighted by Crippen LogP contribution is 2.36. The summed E-state index contributed by atoms with van der Waals surface area (Å²) >= 11 is 0. The van der Waals surface area contributed by atoms with E-state index in [1.165, 1.54) is 30.0 Å². The van der Waals surface area contributed by atoms with Gasteiger partial charge in [0.1, 0.15) is 5.82 Å². The van der Waals surface area contributed by atoms with Gasteiger partial charge in [0, 0.05) is 50.0 Å². The topological polar surface area (TPSA) is 81.8 Å². The van der Waals surface area contributed by atoms with Crippen LogP contribution in [0, 0.1) is 5.82 Å². The zero-order valence-electron chi connectivity index (χ0n) is 17.7. The van der Waals surface area contributed by atoms with Gasteiger partial charge in [0.15, 0.2) is 0 Å². The number of piperazine rings is 1. The minimum Gasteiger partial charge on any atom is -0.376 e. The highest BCUT2D eigenvalue weighted by Gasteiger charge is 2.34. The maximum atomic E-state index is 13.6. The fraction of sp³-hybridized carbons (Fsp3) is 0.318. The number of nitrogens with one attached hydrogen (secondary N) is 2. The predicted octanol–water partition coefficient (Wildman–Crippen LogP) is 3.20. The van der Waals surface area contributed by atoms with Crippen molar-refractivity contribution in [3.8, 4) is 0 Å². The highest BCUT2D eigenvalue weighted by molar-refractivity contribution is 6.04. The van der Waals surface area contributed by atoms with E-state index in [1.54, 1.807) is 4.90 Å². The quantitative estimate of drug-likeness (QED) is 0.664. The van der Waals surface area contributed by atoms with Gasteiger partial charge in [0.25, 0.3) is 5.91 Å². The molecule has 33 heavy (non-hydrogen) atoms. The van der Waals surface area contributed by atoms with Gasteiger partial charge >= 0.3 is 6.18 Å². The molecule has 0 aliphatic carbocycles. The molecular formula is C22H22F4N4O3. The minimum absolute atomic E-state index is 0.0858. The van der Waals surface area contributed by atoms with Crippen molar-refractivity contribution in [1.82, 2.24) is 9.80 Å². The first-order valence-electron chi connectivity index (χ1n) is 10.1. The van der Waals surface area contributed by atoms with Gasteiger partial charge in [-0.15, -0.1) is 0 Å². The van der Waals surface area contributed by atoms with E-state index in [0.717, 1.165) is 24.3 Å². The van der Waals surface area contributed by atoms with Gasteiger partial charge in [-0.2, -0.15) is 13.2 Å². The summed E-state index contributed by atoms with van der Waals surface area (Å²) in [5.41, 5.74) is -1.37. The summed E-state index contributed by atoms with van der Waals surface area (Å²) in [6.07, 6.45) is -4.74. The molecule has 0 unspecified atom stereocenters. The van der Waals surface area contributed by atoms with Gasteiger partial charge in [-0.3, -0.25) is 14.4 Å². The van der Waals surface area contributed by atoms with Crippen LogP contribution in [0.15, 0.2) is 42.5 Å². The lowest BCUT2D eigenvalue weighted by molar-refractivity contribution is -0.137. The van der Waals surface area contributed by atoms with Gasteiger partial charge < -0.3 is 20.4 Å². The first kappa shape index (κ1) is 24.0. The van der Waals surface area contributed by atoms with Crippen molar-refractivity contribution < 1.29 is 31.9 Å². The van der Waals surface area contributed by atoms with Crippen molar-refractivity contribution >= 4 is 29.1 Å². The number of rotatable bonds is 5. The van der Waals surface area contributed by atoms with Gasteiger partial charge in [-0.1, -0.05) is 0 Å². The molecule has 0 atom stereocenters. The first-order valence-corrected chi connectivity index (χ1v) is 10.1. The molecule has 2 aromatic carbocycles. The summed E-state index contributed by atoms with van der Waals surface area (Å²) in [4.78, 5) is 39.1. The summed E-state index contributed by atoms with van der Waals surface area (Å²) in [5, 5.41) is 4.87. The Balaban J connectivity index is 1.67. The monoisotopic (exact) mass is 466 g/mol. The number of amides is 3. The number of benzene rings is 2. The maximum absolute atomic E-state index is 13.6. The molecule has 0 saturated carbocycles. The lowest BCUT2D eigenvalue weighted by Gasteiger charge is -2.34. The van der Waals surface area contributed by atoms with Crippen molar-refractivity contribution in [2.24, 2.45) is 0 Å². The minimum atomic E-state index is -4.74. The summed E-state index contributed by atoms with van der Waals surface area (Å²) in [6, 6.07) is 7.74. The molecule has 0 radical (unpaired) electrons. The molecule has 2 N–H and O–H groups in total. The Morgan fingerprint density at radius 2 is 1.55 bits per heavy atom. The third-order valence-electron chi connectivity index (χ3n) is 5.20. The highest BCUT2D eigenvalue weighted by atomic mass is 19.4. The molecule has 1 fully saturated rings. The van der Waals surface area contributed by atoms with E-state index in [9.17, 15) is 31.9 Å². The van der Waals surface area contributed by atoms with Crippen molar-refractivity contribution in [3.63, 3.8) is 0 Å². The summed E-state index contributed by atoms with van der Waals surface area (Å²) in [7, 11) is 0. The van der Waals surface area contributed by atoms with Crippen LogP contribution in [0.2, 0.25) is 0 Å². The Morgan fingerprint density at radius 1 is 0.939 bits per heavy atom. The van der Waals surface area contributed by atoms with Crippen LogP contribution in [0.1, 0.15) is 22.8 Å². The second-order valence-electron chi connectivity index (χ2n) is 7.46. The number of carbonyl (C=O) groups is 3. The third-order valence-corrected chi connectivity index (χ3v) is 5.20. The smallest absolute Gasteiger partial charge is 0.376 e. The van der Waals surface area contributed by atoms with E-state index < -0.39 is 23.5 Å². The van der Waals surface area contributed by atoms with Crippen LogP contribution < -0.4 is 10.6 Å². The average Bonchev–Trinajstić information content (AvgIpc) is 2.77. The molecule has 11 heteroatoms. The normalized spacial score (nSPS) is 14.1. The van der Waals surface area contributed by atoms with Crippen LogP contribution in [-0.4, -0.2) is 60.2 Å². The van der Waals surface area contributed by atoms with Gasteiger partial charge in [-0.05, 0) is 42.5 Å². The van der Waals surface area contributed by atoms with E-state index in [0.29, 0.717) is 26.2 Å². The molecule has 7 nitrogen and oxygen atoms in total. The van der Waals surface area contributed by atoms with Crippen molar-refractivity contribution in [2.75, 3.05) is 43.4 Å². The van der Waals surface area contributed by atoms with E-state index >= 15 is 0 Å². The number of halogens is 4. The summed E-state index contributed by atoms with van der Waals surface area (Å²) < 4.78 is 53.8. The number of anilines is 2. The van der Waals surface area contributed by atoms with E-state index in [1.807, 2.05) is 0 Å². The summed E-state index contributed by atoms with van der Waals surface area (Å²) in [5.74, 6) is -1.72. The Bertz CT molecular complexity index is 1030. The number of alkyl halides is 3. The molecule has 1 saturated heterocycles. The van der Waals surface area contributed by atoms with Gasteiger partial charge in [0.2, 0.25) is 11.8 Å². The van der Waals surface area contributed by atoms with E-state index in [2.05, 4.69) is 10.6 Å². The standard InChI is InChI=1S/C22H22F4N4O3/c1-14(31)29-8-10-30(11-9-29)20(32)13-27-19-7-6-17(12-18(19)22(24,25)26)28-21(33)15-2-4-16(23)5-3-15/h2-7,12,27H,8-11,13H2,1H3,(H,28,33). The molecule has 1 aliphatic heterocycles. The zero-order valence-corrected chi connectivity index (χ0v) is 17.7. The van der Waals surface area contributed by atoms with Crippen LogP contribution in [-0.2, 0) is 15.8 Å². The largest absolute Gasteiger partial charge is 0.418 e. The zero-order chi connectivity index (χ0) is 24.2. The lowest BCUT2D eigenvalue weighted by Crippen LogP contribution is -2.51. The van der Waals surface area contributed by atoms with Crippen LogP contribution in [0.25, 0.3) is 0 Å². The SMILES string of the molecule is CC(=O)N1CCN(C(=O)CNc2ccc(NC(=O)c3ccc(F)cc3)cc2C(F)(F)F)CC1. The number of hydrogen-bond acceptors (Lipinski definition) is 4. The van der Waals surface area contributed by atoms with Crippen LogP contribution >= 0.6 is 0 Å². The van der Waals surface area contributed by atoms with Crippen LogP contribution in [0.4, 0.5) is 28.9 Å². The average molecular weight is 466 g/mol. The van der Waals surface area contributed by atoms with E-state index in [4.69, 9.17) is 0 Å². The van der Waals surface area contributed by atoms with Gasteiger partial charge in [0.05, 0.1) is 12.1 Å². The Kier molecular flexibility index (Phi) is 7.19. The molecule has 1 heterocycles. The van der Waals surface area contributed by atoms with Crippen molar-refractivity contribution in [2.45, 2.75) is 13.1 Å². The summed E-state index contributed by atoms with van der Waals surface area (Å²) in [6.45, 7) is 2.43. The fourth-order valence-electron chi connectivity index (χ4n) is 3.37. The molecule has 2 aromatic rings.